The lowest BCUT2D eigenvalue weighted by Crippen LogP contribution is -2.54. The Morgan fingerprint density at radius 3 is 3.05 bits per heavy atom. The fourth-order valence-electron chi connectivity index (χ4n) is 3.30. The van der Waals surface area contributed by atoms with E-state index in [-0.39, 0.29) is 5.97 Å². The standard InChI is InChI=1S/C15H25N3O2/c1-4-20-14(19)15(16-3)9-5-6-13(15)8-11-18-10-7-12(2)17-18/h7,10,13,16H,4-6,8-9,11H2,1-3H3. The Hall–Kier alpha value is -1.36. The first kappa shape index (κ1) is 15.0. The highest BCUT2D eigenvalue weighted by molar-refractivity contribution is 5.81. The van der Waals surface area contributed by atoms with Crippen molar-refractivity contribution in [3.8, 4) is 0 Å². The average Bonchev–Trinajstić information content (AvgIpc) is 3.03. The molecule has 1 N–H and O–H groups in total. The molecule has 112 valence electrons. The smallest absolute Gasteiger partial charge is 0.326 e. The van der Waals surface area contributed by atoms with Crippen molar-refractivity contribution in [2.45, 2.75) is 51.6 Å². The number of nitrogens with one attached hydrogen (secondary N) is 1. The van der Waals surface area contributed by atoms with E-state index in [0.29, 0.717) is 12.5 Å². The summed E-state index contributed by atoms with van der Waals surface area (Å²) in [7, 11) is 1.87. The minimum atomic E-state index is -0.502. The van der Waals surface area contributed by atoms with Gasteiger partial charge in [-0.1, -0.05) is 6.42 Å². The minimum absolute atomic E-state index is 0.0957. The molecule has 1 fully saturated rings. The largest absolute Gasteiger partial charge is 0.465 e. The highest BCUT2D eigenvalue weighted by atomic mass is 16.5. The van der Waals surface area contributed by atoms with Crippen LogP contribution in [0.1, 0.15) is 38.3 Å². The van der Waals surface area contributed by atoms with Crippen LogP contribution in [-0.4, -0.2) is 34.9 Å². The van der Waals surface area contributed by atoms with Gasteiger partial charge in [0, 0.05) is 12.7 Å². The number of esters is 1. The van der Waals surface area contributed by atoms with Crippen molar-refractivity contribution in [3.63, 3.8) is 0 Å². The summed E-state index contributed by atoms with van der Waals surface area (Å²) >= 11 is 0. The maximum absolute atomic E-state index is 12.3. The molecule has 0 aromatic carbocycles. The molecule has 0 spiro atoms. The zero-order valence-corrected chi connectivity index (χ0v) is 12.7. The molecule has 0 aliphatic heterocycles. The van der Waals surface area contributed by atoms with Crippen molar-refractivity contribution in [1.29, 1.82) is 0 Å². The third kappa shape index (κ3) is 2.87. The van der Waals surface area contributed by atoms with E-state index in [2.05, 4.69) is 10.4 Å². The van der Waals surface area contributed by atoms with Crippen LogP contribution in [0.3, 0.4) is 0 Å². The molecule has 0 radical (unpaired) electrons. The van der Waals surface area contributed by atoms with Crippen LogP contribution in [0.4, 0.5) is 0 Å². The van der Waals surface area contributed by atoms with Crippen molar-refractivity contribution >= 4 is 5.97 Å². The third-order valence-electron chi connectivity index (χ3n) is 4.39. The number of nitrogens with zero attached hydrogens (tertiary/aromatic N) is 2. The van der Waals surface area contributed by atoms with Crippen molar-refractivity contribution < 1.29 is 9.53 Å². The maximum Gasteiger partial charge on any atom is 0.326 e. The Kier molecular flexibility index (Phi) is 4.81. The molecular formula is C15H25N3O2. The molecule has 5 heteroatoms. The van der Waals surface area contributed by atoms with E-state index >= 15 is 0 Å². The van der Waals surface area contributed by atoms with Gasteiger partial charge in [0.2, 0.25) is 0 Å². The van der Waals surface area contributed by atoms with Gasteiger partial charge in [0.1, 0.15) is 5.54 Å². The Bertz CT molecular complexity index is 458. The Labute approximate surface area is 120 Å². The number of rotatable bonds is 6. The number of carbonyl (C=O) groups is 1. The predicted molar refractivity (Wildman–Crippen MR) is 77.3 cm³/mol. The Balaban J connectivity index is 2.03. The highest BCUT2D eigenvalue weighted by Crippen LogP contribution is 2.39. The second-order valence-electron chi connectivity index (χ2n) is 5.54. The van der Waals surface area contributed by atoms with Crippen LogP contribution in [0.2, 0.25) is 0 Å². The van der Waals surface area contributed by atoms with E-state index in [1.54, 1.807) is 0 Å². The molecule has 2 atom stereocenters. The lowest BCUT2D eigenvalue weighted by Gasteiger charge is -2.32. The molecule has 2 unspecified atom stereocenters. The summed E-state index contributed by atoms with van der Waals surface area (Å²) < 4.78 is 7.24. The number of carbonyl (C=O) groups excluding carboxylic acids is 1. The molecular weight excluding hydrogens is 254 g/mol. The van der Waals surface area contributed by atoms with Crippen molar-refractivity contribution in [2.75, 3.05) is 13.7 Å². The van der Waals surface area contributed by atoms with E-state index < -0.39 is 5.54 Å². The summed E-state index contributed by atoms with van der Waals surface area (Å²) in [6.45, 7) is 5.13. The first-order valence-corrected chi connectivity index (χ1v) is 7.48. The monoisotopic (exact) mass is 279 g/mol. The highest BCUT2D eigenvalue weighted by Gasteiger charge is 2.48. The number of hydrogen-bond donors (Lipinski definition) is 1. The van der Waals surface area contributed by atoms with Crippen molar-refractivity contribution in [2.24, 2.45) is 5.92 Å². The van der Waals surface area contributed by atoms with Crippen molar-refractivity contribution in [1.82, 2.24) is 15.1 Å². The van der Waals surface area contributed by atoms with Gasteiger partial charge in [0.05, 0.1) is 12.3 Å². The second kappa shape index (κ2) is 6.39. The number of ether oxygens (including phenoxy) is 1. The lowest BCUT2D eigenvalue weighted by molar-refractivity contribution is -0.153. The van der Waals surface area contributed by atoms with Crippen LogP contribution >= 0.6 is 0 Å². The summed E-state index contributed by atoms with van der Waals surface area (Å²) in [5, 5.41) is 7.66. The number of likely N-dealkylation sites (N-methyl/N-ethyl adjacent to an activating group) is 1. The lowest BCUT2D eigenvalue weighted by atomic mass is 9.84. The zero-order valence-electron chi connectivity index (χ0n) is 12.7. The third-order valence-corrected chi connectivity index (χ3v) is 4.39. The molecule has 1 aromatic heterocycles. The van der Waals surface area contributed by atoms with Crippen LogP contribution in [0.15, 0.2) is 12.3 Å². The van der Waals surface area contributed by atoms with Crippen LogP contribution in [-0.2, 0) is 16.1 Å². The fraction of sp³-hybridized carbons (Fsp3) is 0.733. The first-order valence-electron chi connectivity index (χ1n) is 7.48. The van der Waals surface area contributed by atoms with Gasteiger partial charge < -0.3 is 10.1 Å². The maximum atomic E-state index is 12.3. The summed E-state index contributed by atoms with van der Waals surface area (Å²) in [4.78, 5) is 12.3. The van der Waals surface area contributed by atoms with Crippen LogP contribution in [0.5, 0.6) is 0 Å². The van der Waals surface area contributed by atoms with Gasteiger partial charge in [-0.05, 0) is 52.1 Å². The van der Waals surface area contributed by atoms with Gasteiger partial charge in [-0.25, -0.2) is 0 Å². The normalized spacial score (nSPS) is 25.9. The Morgan fingerprint density at radius 2 is 2.45 bits per heavy atom. The first-order chi connectivity index (χ1) is 9.62. The fourth-order valence-corrected chi connectivity index (χ4v) is 3.30. The van der Waals surface area contributed by atoms with Crippen molar-refractivity contribution in [3.05, 3.63) is 18.0 Å². The molecule has 5 nitrogen and oxygen atoms in total. The molecule has 0 bridgehead atoms. The molecule has 1 aliphatic carbocycles. The van der Waals surface area contributed by atoms with E-state index in [1.165, 1.54) is 0 Å². The molecule has 1 aromatic rings. The molecule has 0 saturated heterocycles. The molecule has 20 heavy (non-hydrogen) atoms. The quantitative estimate of drug-likeness (QED) is 0.808. The molecule has 1 heterocycles. The van der Waals surface area contributed by atoms with E-state index in [9.17, 15) is 4.79 Å². The van der Waals surface area contributed by atoms with Gasteiger partial charge >= 0.3 is 5.97 Å². The topological polar surface area (TPSA) is 56.1 Å². The summed E-state index contributed by atoms with van der Waals surface area (Å²) in [6, 6.07) is 2.01. The number of aryl methyl sites for hydroxylation is 2. The van der Waals surface area contributed by atoms with Gasteiger partial charge in [-0.2, -0.15) is 5.10 Å². The van der Waals surface area contributed by atoms with E-state index in [0.717, 1.165) is 37.9 Å². The second-order valence-corrected chi connectivity index (χ2v) is 5.54. The summed E-state index contributed by atoms with van der Waals surface area (Å²) in [5.74, 6) is 0.220. The van der Waals surface area contributed by atoms with Crippen LogP contribution < -0.4 is 5.32 Å². The van der Waals surface area contributed by atoms with E-state index in [1.807, 2.05) is 37.8 Å². The minimum Gasteiger partial charge on any atom is -0.465 e. The van der Waals surface area contributed by atoms with Gasteiger partial charge in [-0.15, -0.1) is 0 Å². The molecule has 0 amide bonds. The van der Waals surface area contributed by atoms with Gasteiger partial charge in [0.25, 0.3) is 0 Å². The van der Waals surface area contributed by atoms with Crippen LogP contribution in [0.25, 0.3) is 0 Å². The SMILES string of the molecule is CCOC(=O)C1(NC)CCCC1CCn1ccc(C)n1. The molecule has 1 aliphatic rings. The van der Waals surface area contributed by atoms with Crippen LogP contribution in [0, 0.1) is 12.8 Å². The summed E-state index contributed by atoms with van der Waals surface area (Å²) in [5.41, 5.74) is 0.528. The van der Waals surface area contributed by atoms with Gasteiger partial charge in [0.15, 0.2) is 0 Å². The van der Waals surface area contributed by atoms with Gasteiger partial charge in [-0.3, -0.25) is 9.48 Å². The molecule has 2 rings (SSSR count). The zero-order chi connectivity index (χ0) is 14.6. The Morgan fingerprint density at radius 1 is 1.65 bits per heavy atom. The molecule has 1 saturated carbocycles. The van der Waals surface area contributed by atoms with E-state index in [4.69, 9.17) is 4.74 Å². The number of hydrogen-bond acceptors (Lipinski definition) is 4. The average molecular weight is 279 g/mol. The number of aromatic nitrogens is 2. The predicted octanol–water partition coefficient (Wildman–Crippen LogP) is 1.90. The summed E-state index contributed by atoms with van der Waals surface area (Å²) in [6.07, 6.45) is 5.95.